The number of hydrogen-bond acceptors (Lipinski definition) is 4. The first kappa shape index (κ1) is 21.0. The standard InChI is InChI=1S/C25H23N3O4/c1-16-24(19-10-3-4-11-20(19)26-16)25(30)28-18-9-7-8-17(14-18)27-23(29)15-32-22-13-6-5-12-21(22)31-2/h3-14,26H,15H2,1-2H3,(H,27,29)(H,28,30). The number of methoxy groups -OCH3 is 1. The molecular formula is C25H23N3O4. The highest BCUT2D eigenvalue weighted by Gasteiger charge is 2.16. The van der Waals surface area contributed by atoms with Gasteiger partial charge in [-0.3, -0.25) is 9.59 Å². The highest BCUT2D eigenvalue weighted by molar-refractivity contribution is 6.14. The third-order valence-electron chi connectivity index (χ3n) is 4.95. The number of rotatable bonds is 7. The summed E-state index contributed by atoms with van der Waals surface area (Å²) in [7, 11) is 1.54. The fourth-order valence-electron chi connectivity index (χ4n) is 3.52. The molecular weight excluding hydrogens is 406 g/mol. The minimum absolute atomic E-state index is 0.175. The van der Waals surface area contributed by atoms with E-state index >= 15 is 0 Å². The van der Waals surface area contributed by atoms with Crippen LogP contribution in [0.4, 0.5) is 11.4 Å². The van der Waals surface area contributed by atoms with Crippen LogP contribution in [0.5, 0.6) is 11.5 Å². The highest BCUT2D eigenvalue weighted by Crippen LogP contribution is 2.26. The van der Waals surface area contributed by atoms with Gasteiger partial charge in [-0.2, -0.15) is 0 Å². The van der Waals surface area contributed by atoms with E-state index in [0.717, 1.165) is 16.6 Å². The summed E-state index contributed by atoms with van der Waals surface area (Å²) >= 11 is 0. The number of H-pyrrole nitrogens is 1. The maximum atomic E-state index is 12.9. The van der Waals surface area contributed by atoms with Crippen molar-refractivity contribution in [3.63, 3.8) is 0 Å². The number of benzene rings is 3. The van der Waals surface area contributed by atoms with E-state index in [4.69, 9.17) is 9.47 Å². The van der Waals surface area contributed by atoms with Crippen molar-refractivity contribution in [3.8, 4) is 11.5 Å². The van der Waals surface area contributed by atoms with Gasteiger partial charge in [-0.15, -0.1) is 0 Å². The number of aromatic amines is 1. The number of carbonyl (C=O) groups is 2. The van der Waals surface area contributed by atoms with Crippen LogP contribution in [0.15, 0.2) is 72.8 Å². The van der Waals surface area contributed by atoms with Crippen LogP contribution in [0.3, 0.4) is 0 Å². The van der Waals surface area contributed by atoms with E-state index in [1.165, 1.54) is 0 Å². The number of carbonyl (C=O) groups excluding carboxylic acids is 2. The van der Waals surface area contributed by atoms with E-state index in [2.05, 4.69) is 15.6 Å². The molecule has 0 unspecified atom stereocenters. The molecule has 3 N–H and O–H groups in total. The normalized spacial score (nSPS) is 10.6. The number of fused-ring (bicyclic) bond motifs is 1. The Hall–Kier alpha value is -4.26. The number of aromatic nitrogens is 1. The zero-order chi connectivity index (χ0) is 22.5. The smallest absolute Gasteiger partial charge is 0.262 e. The van der Waals surface area contributed by atoms with Crippen LogP contribution in [0.25, 0.3) is 10.9 Å². The number of amides is 2. The van der Waals surface area contributed by atoms with E-state index in [0.29, 0.717) is 28.4 Å². The van der Waals surface area contributed by atoms with Gasteiger partial charge < -0.3 is 25.1 Å². The lowest BCUT2D eigenvalue weighted by Gasteiger charge is -2.11. The molecule has 0 spiro atoms. The van der Waals surface area contributed by atoms with Gasteiger partial charge in [0.15, 0.2) is 18.1 Å². The van der Waals surface area contributed by atoms with Crippen LogP contribution in [0.1, 0.15) is 16.1 Å². The average Bonchev–Trinajstić information content (AvgIpc) is 3.14. The van der Waals surface area contributed by atoms with Gasteiger partial charge in [-0.25, -0.2) is 0 Å². The predicted molar refractivity (Wildman–Crippen MR) is 125 cm³/mol. The van der Waals surface area contributed by atoms with Crippen LogP contribution in [0.2, 0.25) is 0 Å². The zero-order valence-electron chi connectivity index (χ0n) is 17.8. The lowest BCUT2D eigenvalue weighted by molar-refractivity contribution is -0.118. The molecule has 0 saturated carbocycles. The van der Waals surface area contributed by atoms with Gasteiger partial charge in [0.05, 0.1) is 12.7 Å². The van der Waals surface area contributed by atoms with Gasteiger partial charge >= 0.3 is 0 Å². The van der Waals surface area contributed by atoms with Crippen molar-refractivity contribution in [2.75, 3.05) is 24.4 Å². The van der Waals surface area contributed by atoms with Crippen molar-refractivity contribution in [1.82, 2.24) is 4.98 Å². The molecule has 0 aliphatic carbocycles. The molecule has 1 heterocycles. The molecule has 0 aliphatic rings. The Balaban J connectivity index is 1.41. The first-order valence-electron chi connectivity index (χ1n) is 10.1. The summed E-state index contributed by atoms with van der Waals surface area (Å²) in [6.45, 7) is 1.69. The summed E-state index contributed by atoms with van der Waals surface area (Å²) in [4.78, 5) is 28.5. The average molecular weight is 429 g/mol. The van der Waals surface area contributed by atoms with Gasteiger partial charge in [0.1, 0.15) is 0 Å². The largest absolute Gasteiger partial charge is 0.493 e. The molecule has 162 valence electrons. The second-order valence-corrected chi connectivity index (χ2v) is 7.19. The molecule has 1 aromatic heterocycles. The SMILES string of the molecule is COc1ccccc1OCC(=O)Nc1cccc(NC(=O)c2c(C)[nH]c3ccccc23)c1. The summed E-state index contributed by atoms with van der Waals surface area (Å²) in [5, 5.41) is 6.54. The number of anilines is 2. The molecule has 2 amide bonds. The monoisotopic (exact) mass is 429 g/mol. The topological polar surface area (TPSA) is 92.4 Å². The van der Waals surface area contributed by atoms with Crippen LogP contribution >= 0.6 is 0 Å². The Labute approximate surface area is 185 Å². The summed E-state index contributed by atoms with van der Waals surface area (Å²) in [5.41, 5.74) is 3.42. The fraction of sp³-hybridized carbons (Fsp3) is 0.120. The van der Waals surface area contributed by atoms with Gasteiger partial charge in [0.2, 0.25) is 0 Å². The van der Waals surface area contributed by atoms with Crippen LogP contribution < -0.4 is 20.1 Å². The molecule has 7 heteroatoms. The second-order valence-electron chi connectivity index (χ2n) is 7.19. The third kappa shape index (κ3) is 4.57. The molecule has 0 aliphatic heterocycles. The minimum atomic E-state index is -0.327. The second kappa shape index (κ2) is 9.26. The van der Waals surface area contributed by atoms with Crippen molar-refractivity contribution >= 4 is 34.1 Å². The quantitative estimate of drug-likeness (QED) is 0.395. The molecule has 0 fully saturated rings. The van der Waals surface area contributed by atoms with Crippen LogP contribution in [-0.2, 0) is 4.79 Å². The Morgan fingerprint density at radius 1 is 0.875 bits per heavy atom. The molecule has 7 nitrogen and oxygen atoms in total. The Bertz CT molecular complexity index is 1280. The van der Waals surface area contributed by atoms with Gasteiger partial charge in [-0.1, -0.05) is 36.4 Å². The maximum absolute atomic E-state index is 12.9. The third-order valence-corrected chi connectivity index (χ3v) is 4.95. The first-order valence-corrected chi connectivity index (χ1v) is 10.1. The Kier molecular flexibility index (Phi) is 6.07. The number of nitrogens with one attached hydrogen (secondary N) is 3. The molecule has 32 heavy (non-hydrogen) atoms. The van der Waals surface area contributed by atoms with E-state index in [-0.39, 0.29) is 18.4 Å². The van der Waals surface area contributed by atoms with E-state index < -0.39 is 0 Å². The molecule has 0 atom stereocenters. The summed E-state index contributed by atoms with van der Waals surface area (Å²) in [6, 6.07) is 21.7. The zero-order valence-corrected chi connectivity index (χ0v) is 17.8. The summed E-state index contributed by atoms with van der Waals surface area (Å²) in [5.74, 6) is 0.493. The molecule has 0 bridgehead atoms. The molecule has 4 rings (SSSR count). The van der Waals surface area contributed by atoms with Crippen LogP contribution in [-0.4, -0.2) is 30.5 Å². The number of ether oxygens (including phenoxy) is 2. The maximum Gasteiger partial charge on any atom is 0.262 e. The van der Waals surface area contributed by atoms with Gasteiger partial charge in [0.25, 0.3) is 11.8 Å². The molecule has 0 saturated heterocycles. The molecule has 3 aromatic carbocycles. The van der Waals surface area contributed by atoms with Crippen LogP contribution in [0, 0.1) is 6.92 Å². The van der Waals surface area contributed by atoms with E-state index in [1.54, 1.807) is 49.6 Å². The lowest BCUT2D eigenvalue weighted by Crippen LogP contribution is -2.20. The van der Waals surface area contributed by atoms with Crippen molar-refractivity contribution in [2.24, 2.45) is 0 Å². The minimum Gasteiger partial charge on any atom is -0.493 e. The number of para-hydroxylation sites is 3. The van der Waals surface area contributed by atoms with E-state index in [1.807, 2.05) is 37.3 Å². The number of aryl methyl sites for hydroxylation is 1. The number of hydrogen-bond donors (Lipinski definition) is 3. The van der Waals surface area contributed by atoms with Crippen molar-refractivity contribution in [1.29, 1.82) is 0 Å². The predicted octanol–water partition coefficient (Wildman–Crippen LogP) is 4.75. The highest BCUT2D eigenvalue weighted by atomic mass is 16.5. The Morgan fingerprint density at radius 3 is 2.34 bits per heavy atom. The summed E-state index contributed by atoms with van der Waals surface area (Å²) < 4.78 is 10.8. The summed E-state index contributed by atoms with van der Waals surface area (Å²) in [6.07, 6.45) is 0. The van der Waals surface area contributed by atoms with Crippen molar-refractivity contribution in [2.45, 2.75) is 6.92 Å². The van der Waals surface area contributed by atoms with Gasteiger partial charge in [-0.05, 0) is 43.3 Å². The van der Waals surface area contributed by atoms with Crippen molar-refractivity contribution in [3.05, 3.63) is 84.1 Å². The lowest BCUT2D eigenvalue weighted by atomic mass is 10.1. The van der Waals surface area contributed by atoms with Crippen molar-refractivity contribution < 1.29 is 19.1 Å². The van der Waals surface area contributed by atoms with E-state index in [9.17, 15) is 9.59 Å². The van der Waals surface area contributed by atoms with Gasteiger partial charge in [0, 0.05) is 28.0 Å². The molecule has 0 radical (unpaired) electrons. The molecule has 4 aromatic rings. The first-order chi connectivity index (χ1) is 15.5. The fourth-order valence-corrected chi connectivity index (χ4v) is 3.52. The Morgan fingerprint density at radius 2 is 1.56 bits per heavy atom.